The number of aromatic nitrogens is 1. The molecule has 0 saturated heterocycles. The summed E-state index contributed by atoms with van der Waals surface area (Å²) in [6, 6.07) is 48.4. The number of benzene rings is 6. The Morgan fingerprint density at radius 2 is 1.35 bits per heavy atom. The first-order valence-electron chi connectivity index (χ1n) is 19.2. The third kappa shape index (κ3) is 3.61. The largest absolute Gasteiger partial charge is 0.361 e. The molecule has 1 unspecified atom stereocenters. The van der Waals surface area contributed by atoms with Gasteiger partial charge in [0.15, 0.2) is 0 Å². The maximum atomic E-state index is 8.38. The Kier molecular flexibility index (Phi) is 4.55. The predicted molar refractivity (Wildman–Crippen MR) is 199 cm³/mol. The molecule has 0 amide bonds. The van der Waals surface area contributed by atoms with Gasteiger partial charge < -0.3 is 24.2 Å². The van der Waals surface area contributed by atoms with E-state index in [0.29, 0.717) is 5.69 Å². The van der Waals surface area contributed by atoms with Crippen LogP contribution in [0.2, 0.25) is 0 Å². The van der Waals surface area contributed by atoms with Crippen molar-refractivity contribution in [1.82, 2.24) is 9.47 Å². The number of hydrogen-bond acceptors (Lipinski definition) is 4. The molecule has 4 heterocycles. The minimum Gasteiger partial charge on any atom is -0.361 e. The lowest BCUT2D eigenvalue weighted by Gasteiger charge is -2.42. The van der Waals surface area contributed by atoms with Gasteiger partial charge >= 0.3 is 0 Å². The zero-order valence-electron chi connectivity index (χ0n) is 32.1. The van der Waals surface area contributed by atoms with Crippen LogP contribution in [0.25, 0.3) is 27.5 Å². The van der Waals surface area contributed by atoms with Crippen LogP contribution >= 0.6 is 0 Å². The van der Waals surface area contributed by atoms with Crippen molar-refractivity contribution < 1.29 is 8.22 Å². The van der Waals surface area contributed by atoms with Gasteiger partial charge in [0.25, 0.3) is 0 Å². The summed E-state index contributed by atoms with van der Waals surface area (Å²) in [7, 11) is 0. The van der Waals surface area contributed by atoms with E-state index in [4.69, 9.17) is 8.22 Å². The molecule has 1 aromatic heterocycles. The summed E-state index contributed by atoms with van der Waals surface area (Å²) in [4.78, 5) is 6.91. The molecule has 3 aliphatic heterocycles. The molecule has 0 spiro atoms. The molecule has 0 fully saturated rings. The normalized spacial score (nSPS) is 20.2. The Labute approximate surface area is 289 Å². The van der Waals surface area contributed by atoms with Crippen molar-refractivity contribution in [1.29, 1.82) is 0 Å². The molecule has 0 saturated carbocycles. The minimum absolute atomic E-state index is 0.178. The van der Waals surface area contributed by atoms with E-state index in [2.05, 4.69) is 113 Å². The van der Waals surface area contributed by atoms with Gasteiger partial charge in [-0.05, 0) is 70.8 Å². The number of para-hydroxylation sites is 4. The van der Waals surface area contributed by atoms with Crippen molar-refractivity contribution in [2.24, 2.45) is 0 Å². The highest BCUT2D eigenvalue weighted by Gasteiger charge is 2.46. The van der Waals surface area contributed by atoms with Gasteiger partial charge in [0.05, 0.1) is 46.8 Å². The van der Waals surface area contributed by atoms with E-state index in [1.807, 2.05) is 47.5 Å². The Balaban J connectivity index is 1.28. The first kappa shape index (κ1) is 21.8. The second kappa shape index (κ2) is 10.0. The van der Waals surface area contributed by atoms with Crippen molar-refractivity contribution in [2.75, 3.05) is 42.0 Å². The average Bonchev–Trinajstić information content (AvgIpc) is 3.92. The molecule has 0 N–H and O–H groups in total. The van der Waals surface area contributed by atoms with Gasteiger partial charge in [-0.1, -0.05) is 91.0 Å². The standard InChI is InChI=1S/C43H35N5/c1-44-24-25-46(28-44)32-15-10-14-31(26-32)43(30-12-4-3-5-13-30)36-18-11-17-35-34-16-6-7-19-38(34)48(42(35)36)39-23-22-33(27-37(39)43)47-29-45(2)40-20-8-9-21-41(40)47/h3-27H,28-29H2,1-2H3/i1D3,2D3. The maximum absolute atomic E-state index is 8.38. The highest BCUT2D eigenvalue weighted by Crippen LogP contribution is 2.55. The molecule has 5 heteroatoms. The lowest BCUT2D eigenvalue weighted by molar-refractivity contribution is 0.495. The van der Waals surface area contributed by atoms with E-state index in [0.717, 1.165) is 66.8 Å². The van der Waals surface area contributed by atoms with Crippen LogP contribution in [0.4, 0.5) is 22.7 Å². The van der Waals surface area contributed by atoms with Crippen LogP contribution in [0.3, 0.4) is 0 Å². The molecule has 3 aliphatic rings. The van der Waals surface area contributed by atoms with Gasteiger partial charge in [-0.25, -0.2) is 0 Å². The van der Waals surface area contributed by atoms with Gasteiger partial charge in [-0.15, -0.1) is 0 Å². The van der Waals surface area contributed by atoms with Crippen LogP contribution in [0.15, 0.2) is 152 Å². The van der Waals surface area contributed by atoms with Gasteiger partial charge in [0, 0.05) is 56.7 Å². The third-order valence-electron chi connectivity index (χ3n) is 10.3. The number of hydrogen-bond donors (Lipinski definition) is 0. The zero-order valence-corrected chi connectivity index (χ0v) is 26.1. The van der Waals surface area contributed by atoms with Crippen molar-refractivity contribution in [3.63, 3.8) is 0 Å². The number of nitrogens with zero attached hydrogens (tertiary/aromatic N) is 5. The van der Waals surface area contributed by atoms with Crippen LogP contribution in [-0.4, -0.2) is 36.8 Å². The Morgan fingerprint density at radius 1 is 0.562 bits per heavy atom. The van der Waals surface area contributed by atoms with E-state index >= 15 is 0 Å². The van der Waals surface area contributed by atoms with Gasteiger partial charge in [0.1, 0.15) is 0 Å². The van der Waals surface area contributed by atoms with Crippen molar-refractivity contribution in [2.45, 2.75) is 5.41 Å². The SMILES string of the molecule is [2H]C([2H])([2H])N1C=CN(c2cccc(C3(c4ccccc4)c4cc(N5CN(C([2H])([2H])[2H])c6ccccc65)ccc4-n4c5ccccc5c5cccc3c54)c2)C1. The van der Waals surface area contributed by atoms with Gasteiger partial charge in [-0.2, -0.15) is 0 Å². The van der Waals surface area contributed by atoms with Crippen LogP contribution < -0.4 is 14.7 Å². The predicted octanol–water partition coefficient (Wildman–Crippen LogP) is 9.21. The monoisotopic (exact) mass is 627 g/mol. The Hall–Kier alpha value is -5.94. The molecule has 6 aromatic carbocycles. The molecular formula is C43H35N5. The highest BCUT2D eigenvalue weighted by atomic mass is 15.4. The Bertz CT molecular complexity index is 2650. The summed E-state index contributed by atoms with van der Waals surface area (Å²) >= 11 is 0. The number of fused-ring (bicyclic) bond motifs is 6. The molecule has 0 aliphatic carbocycles. The third-order valence-corrected chi connectivity index (χ3v) is 10.3. The molecule has 5 nitrogen and oxygen atoms in total. The molecule has 0 bridgehead atoms. The molecule has 232 valence electrons. The first-order chi connectivity index (χ1) is 26.0. The fourth-order valence-electron chi connectivity index (χ4n) is 8.32. The topological polar surface area (TPSA) is 17.9 Å². The van der Waals surface area contributed by atoms with E-state index < -0.39 is 19.4 Å². The maximum Gasteiger partial charge on any atom is 0.0950 e. The lowest BCUT2D eigenvalue weighted by Crippen LogP contribution is -2.36. The van der Waals surface area contributed by atoms with Crippen molar-refractivity contribution >= 4 is 44.6 Å². The lowest BCUT2D eigenvalue weighted by atomic mass is 9.63. The quantitative estimate of drug-likeness (QED) is 0.194. The summed E-state index contributed by atoms with van der Waals surface area (Å²) in [5.74, 6) is 0. The van der Waals surface area contributed by atoms with Crippen LogP contribution in [0, 0.1) is 0 Å². The van der Waals surface area contributed by atoms with E-state index in [1.54, 1.807) is 6.20 Å². The molecule has 1 atom stereocenters. The second-order valence-electron chi connectivity index (χ2n) is 12.8. The van der Waals surface area contributed by atoms with E-state index in [-0.39, 0.29) is 13.3 Å². The summed E-state index contributed by atoms with van der Waals surface area (Å²) in [5.41, 5.74) is 9.99. The van der Waals surface area contributed by atoms with Gasteiger partial charge in [-0.3, -0.25) is 0 Å². The van der Waals surface area contributed by atoms with Crippen molar-refractivity contribution in [3.05, 3.63) is 174 Å². The summed E-state index contributed by atoms with van der Waals surface area (Å²) in [6.07, 6.45) is 3.46. The summed E-state index contributed by atoms with van der Waals surface area (Å²) in [6.45, 7) is -4.19. The van der Waals surface area contributed by atoms with Gasteiger partial charge in [0.2, 0.25) is 0 Å². The molecule has 48 heavy (non-hydrogen) atoms. The van der Waals surface area contributed by atoms with Crippen LogP contribution in [-0.2, 0) is 5.41 Å². The van der Waals surface area contributed by atoms with E-state index in [1.165, 1.54) is 9.80 Å². The summed E-state index contributed by atoms with van der Waals surface area (Å²) < 4.78 is 51.6. The van der Waals surface area contributed by atoms with E-state index in [9.17, 15) is 0 Å². The summed E-state index contributed by atoms with van der Waals surface area (Å²) in [5, 5.41) is 2.32. The van der Waals surface area contributed by atoms with Crippen LogP contribution in [0.1, 0.15) is 30.5 Å². The average molecular weight is 628 g/mol. The number of rotatable bonds is 4. The molecule has 7 aromatic rings. The minimum atomic E-state index is -2.32. The fourth-order valence-corrected chi connectivity index (χ4v) is 8.32. The second-order valence-corrected chi connectivity index (χ2v) is 12.8. The molecular weight excluding hydrogens is 587 g/mol. The fraction of sp³-hybridized carbons (Fsp3) is 0.116. The first-order valence-corrected chi connectivity index (χ1v) is 16.2. The number of anilines is 4. The highest BCUT2D eigenvalue weighted by molar-refractivity contribution is 6.12. The van der Waals surface area contributed by atoms with Crippen LogP contribution in [0.5, 0.6) is 0 Å². The Morgan fingerprint density at radius 3 is 2.23 bits per heavy atom. The zero-order chi connectivity index (χ0) is 37.0. The molecule has 0 radical (unpaired) electrons. The van der Waals surface area contributed by atoms with Crippen molar-refractivity contribution in [3.8, 4) is 5.69 Å². The molecule has 10 rings (SSSR count). The smallest absolute Gasteiger partial charge is 0.0950 e.